The number of pyridine rings is 1. The lowest BCUT2D eigenvalue weighted by Crippen LogP contribution is -2.14. The Morgan fingerprint density at radius 1 is 1.17 bits per heavy atom. The first-order valence-electron chi connectivity index (χ1n) is 7.33. The first-order valence-corrected chi connectivity index (χ1v) is 8.31. The van der Waals surface area contributed by atoms with Crippen LogP contribution in [0.25, 0.3) is 11.3 Å². The molecule has 0 spiro atoms. The molecule has 0 unspecified atom stereocenters. The first-order chi connectivity index (χ1) is 11.3. The summed E-state index contributed by atoms with van der Waals surface area (Å²) >= 11 is 1.75. The topological polar surface area (TPSA) is 59.8 Å². The summed E-state index contributed by atoms with van der Waals surface area (Å²) in [5.74, 6) is 0.847. The molecule has 4 rings (SSSR count). The molecule has 3 heterocycles. The van der Waals surface area contributed by atoms with Crippen LogP contribution in [0.5, 0.6) is 0 Å². The van der Waals surface area contributed by atoms with Gasteiger partial charge in [0.2, 0.25) is 0 Å². The fourth-order valence-corrected chi connectivity index (χ4v) is 3.48. The SMILES string of the molecule is O=C(Nc1ccccc1-c1cn2c(n1)SCC2)c1ccccn1. The third-order valence-electron chi connectivity index (χ3n) is 3.65. The van der Waals surface area contributed by atoms with E-state index < -0.39 is 0 Å². The van der Waals surface area contributed by atoms with Crippen LogP contribution >= 0.6 is 11.8 Å². The number of aromatic nitrogens is 3. The molecule has 1 aromatic carbocycles. The van der Waals surface area contributed by atoms with Crippen LogP contribution in [-0.4, -0.2) is 26.2 Å². The van der Waals surface area contributed by atoms with Gasteiger partial charge in [-0.05, 0) is 18.2 Å². The zero-order valence-electron chi connectivity index (χ0n) is 12.3. The number of amides is 1. The summed E-state index contributed by atoms with van der Waals surface area (Å²) in [4.78, 5) is 21.1. The second-order valence-electron chi connectivity index (χ2n) is 5.17. The Morgan fingerprint density at radius 2 is 2.04 bits per heavy atom. The first kappa shape index (κ1) is 14.0. The summed E-state index contributed by atoms with van der Waals surface area (Å²) in [7, 11) is 0. The van der Waals surface area contributed by atoms with Gasteiger partial charge in [0.1, 0.15) is 5.69 Å². The third kappa shape index (κ3) is 2.73. The van der Waals surface area contributed by atoms with Gasteiger partial charge in [0, 0.05) is 30.3 Å². The van der Waals surface area contributed by atoms with Crippen molar-refractivity contribution in [3.8, 4) is 11.3 Å². The Kier molecular flexibility index (Phi) is 3.59. The van der Waals surface area contributed by atoms with E-state index in [-0.39, 0.29) is 5.91 Å². The predicted molar refractivity (Wildman–Crippen MR) is 90.6 cm³/mol. The molecule has 1 aliphatic heterocycles. The van der Waals surface area contributed by atoms with Crippen LogP contribution in [0.1, 0.15) is 10.5 Å². The van der Waals surface area contributed by atoms with Crippen LogP contribution < -0.4 is 5.32 Å². The highest BCUT2D eigenvalue weighted by atomic mass is 32.2. The number of fused-ring (bicyclic) bond motifs is 1. The minimum Gasteiger partial charge on any atom is -0.325 e. The molecule has 2 aromatic heterocycles. The molecule has 0 aliphatic carbocycles. The monoisotopic (exact) mass is 322 g/mol. The quantitative estimate of drug-likeness (QED) is 0.804. The van der Waals surface area contributed by atoms with Crippen LogP contribution in [0, 0.1) is 0 Å². The van der Waals surface area contributed by atoms with E-state index in [1.54, 1.807) is 36.2 Å². The Morgan fingerprint density at radius 3 is 2.87 bits per heavy atom. The predicted octanol–water partition coefficient (Wildman–Crippen LogP) is 3.30. The van der Waals surface area contributed by atoms with E-state index in [1.165, 1.54) is 0 Å². The molecule has 0 saturated heterocycles. The normalized spacial score (nSPS) is 12.9. The molecule has 6 heteroatoms. The zero-order chi connectivity index (χ0) is 15.6. The maximum Gasteiger partial charge on any atom is 0.274 e. The molecule has 1 amide bonds. The number of thioether (sulfide) groups is 1. The highest BCUT2D eigenvalue weighted by Gasteiger charge is 2.18. The number of carbonyl (C=O) groups excluding carboxylic acids is 1. The summed E-state index contributed by atoms with van der Waals surface area (Å²) in [6.07, 6.45) is 3.65. The molecular weight excluding hydrogens is 308 g/mol. The molecule has 0 radical (unpaired) electrons. The number of para-hydroxylation sites is 1. The van der Waals surface area contributed by atoms with Crippen molar-refractivity contribution >= 4 is 23.4 Å². The number of hydrogen-bond donors (Lipinski definition) is 1. The van der Waals surface area contributed by atoms with Crippen molar-refractivity contribution in [1.82, 2.24) is 14.5 Å². The third-order valence-corrected chi connectivity index (χ3v) is 4.62. The van der Waals surface area contributed by atoms with Crippen LogP contribution in [0.3, 0.4) is 0 Å². The number of aryl methyl sites for hydroxylation is 1. The summed E-state index contributed by atoms with van der Waals surface area (Å²) < 4.78 is 2.15. The van der Waals surface area contributed by atoms with E-state index in [0.717, 1.165) is 34.4 Å². The number of nitrogens with one attached hydrogen (secondary N) is 1. The van der Waals surface area contributed by atoms with Crippen LogP contribution in [0.15, 0.2) is 60.0 Å². The van der Waals surface area contributed by atoms with Crippen molar-refractivity contribution in [3.63, 3.8) is 0 Å². The number of imidazole rings is 1. The van der Waals surface area contributed by atoms with Gasteiger partial charge in [-0.25, -0.2) is 4.98 Å². The number of hydrogen-bond acceptors (Lipinski definition) is 4. The lowest BCUT2D eigenvalue weighted by Gasteiger charge is -2.09. The minimum atomic E-state index is -0.223. The van der Waals surface area contributed by atoms with E-state index >= 15 is 0 Å². The molecule has 0 atom stereocenters. The Hall–Kier alpha value is -2.60. The van der Waals surface area contributed by atoms with Crippen molar-refractivity contribution in [2.75, 3.05) is 11.1 Å². The number of anilines is 1. The van der Waals surface area contributed by atoms with Gasteiger partial charge in [-0.1, -0.05) is 36.0 Å². The zero-order valence-corrected chi connectivity index (χ0v) is 13.1. The fourth-order valence-electron chi connectivity index (χ4n) is 2.54. The molecule has 0 fully saturated rings. The van der Waals surface area contributed by atoms with Crippen LogP contribution in [-0.2, 0) is 6.54 Å². The number of benzene rings is 1. The molecule has 1 N–H and O–H groups in total. The van der Waals surface area contributed by atoms with Gasteiger partial charge in [-0.15, -0.1) is 0 Å². The summed E-state index contributed by atoms with van der Waals surface area (Å²) in [6.45, 7) is 0.982. The number of carbonyl (C=O) groups is 1. The van der Waals surface area contributed by atoms with E-state index in [9.17, 15) is 4.79 Å². The Labute approximate surface area is 137 Å². The maximum absolute atomic E-state index is 12.3. The van der Waals surface area contributed by atoms with Crippen molar-refractivity contribution in [2.24, 2.45) is 0 Å². The lowest BCUT2D eigenvalue weighted by atomic mass is 10.1. The van der Waals surface area contributed by atoms with Gasteiger partial charge in [-0.3, -0.25) is 9.78 Å². The number of nitrogens with zero attached hydrogens (tertiary/aromatic N) is 3. The van der Waals surface area contributed by atoms with E-state index in [0.29, 0.717) is 5.69 Å². The number of rotatable bonds is 3. The van der Waals surface area contributed by atoms with E-state index in [2.05, 4.69) is 19.9 Å². The highest BCUT2D eigenvalue weighted by molar-refractivity contribution is 7.99. The average Bonchev–Trinajstić information content (AvgIpc) is 3.18. The van der Waals surface area contributed by atoms with Gasteiger partial charge in [0.15, 0.2) is 5.16 Å². The Bertz CT molecular complexity index is 839. The van der Waals surface area contributed by atoms with E-state index in [4.69, 9.17) is 0 Å². The molecule has 0 saturated carbocycles. The maximum atomic E-state index is 12.3. The molecule has 5 nitrogen and oxygen atoms in total. The van der Waals surface area contributed by atoms with Crippen molar-refractivity contribution in [3.05, 3.63) is 60.6 Å². The van der Waals surface area contributed by atoms with Gasteiger partial charge >= 0.3 is 0 Å². The Balaban J connectivity index is 1.66. The van der Waals surface area contributed by atoms with Crippen molar-refractivity contribution in [2.45, 2.75) is 11.7 Å². The van der Waals surface area contributed by atoms with Crippen LogP contribution in [0.4, 0.5) is 5.69 Å². The fraction of sp³-hybridized carbons (Fsp3) is 0.118. The molecule has 1 aliphatic rings. The van der Waals surface area contributed by atoms with Gasteiger partial charge in [0.25, 0.3) is 5.91 Å². The summed E-state index contributed by atoms with van der Waals surface area (Å²) in [6, 6.07) is 13.0. The van der Waals surface area contributed by atoms with Crippen molar-refractivity contribution < 1.29 is 4.79 Å². The van der Waals surface area contributed by atoms with Gasteiger partial charge in [-0.2, -0.15) is 0 Å². The summed E-state index contributed by atoms with van der Waals surface area (Å²) in [5.41, 5.74) is 2.93. The lowest BCUT2D eigenvalue weighted by molar-refractivity contribution is 0.102. The average molecular weight is 322 g/mol. The second-order valence-corrected chi connectivity index (χ2v) is 6.23. The second kappa shape index (κ2) is 5.89. The van der Waals surface area contributed by atoms with Crippen LogP contribution in [0.2, 0.25) is 0 Å². The smallest absolute Gasteiger partial charge is 0.274 e. The summed E-state index contributed by atoms with van der Waals surface area (Å²) in [5, 5.41) is 3.97. The van der Waals surface area contributed by atoms with Gasteiger partial charge in [0.05, 0.1) is 11.4 Å². The highest BCUT2D eigenvalue weighted by Crippen LogP contribution is 2.32. The molecular formula is C17H14N4OS. The van der Waals surface area contributed by atoms with E-state index in [1.807, 2.05) is 30.5 Å². The van der Waals surface area contributed by atoms with Crippen molar-refractivity contribution in [1.29, 1.82) is 0 Å². The minimum absolute atomic E-state index is 0.223. The standard InChI is InChI=1S/C17H14N4OS/c22-16(14-7-3-4-8-18-14)19-13-6-2-1-5-12(13)15-11-21-9-10-23-17(21)20-15/h1-8,11H,9-10H2,(H,19,22). The molecule has 114 valence electrons. The molecule has 0 bridgehead atoms. The molecule has 23 heavy (non-hydrogen) atoms. The van der Waals surface area contributed by atoms with Gasteiger partial charge < -0.3 is 9.88 Å². The largest absolute Gasteiger partial charge is 0.325 e. The molecule has 3 aromatic rings.